The Bertz CT molecular complexity index is 678. The molecule has 1 aromatic rings. The Labute approximate surface area is 112 Å². The minimum atomic E-state index is -0.473. The number of nitrogens with zero attached hydrogens (tertiary/aromatic N) is 3. The molecule has 0 aromatic heterocycles. The smallest absolute Gasteiger partial charge is 0.270 e. The van der Waals surface area contributed by atoms with Crippen LogP contribution in [0.5, 0.6) is 0 Å². The molecule has 0 atom stereocenters. The van der Waals surface area contributed by atoms with E-state index in [1.807, 2.05) is 0 Å². The summed E-state index contributed by atoms with van der Waals surface area (Å²) in [6, 6.07) is 9.71. The SMILES string of the molecule is N#CC(C#N)=C1NC(c2cccc([N+](=O)[O-])c2)=CS1. The van der Waals surface area contributed by atoms with Crippen LogP contribution in [0.15, 0.2) is 40.3 Å². The predicted molar refractivity (Wildman–Crippen MR) is 70.1 cm³/mol. The van der Waals surface area contributed by atoms with E-state index in [9.17, 15) is 10.1 Å². The van der Waals surface area contributed by atoms with Crippen molar-refractivity contribution in [3.8, 4) is 12.1 Å². The number of benzene rings is 1. The second-order valence-electron chi connectivity index (χ2n) is 3.51. The maximum absolute atomic E-state index is 10.7. The average molecular weight is 270 g/mol. The van der Waals surface area contributed by atoms with Crippen LogP contribution in [-0.2, 0) is 0 Å². The third kappa shape index (κ3) is 2.57. The largest absolute Gasteiger partial charge is 0.347 e. The third-order valence-electron chi connectivity index (χ3n) is 2.36. The Hall–Kier alpha value is -2.77. The maximum Gasteiger partial charge on any atom is 0.270 e. The van der Waals surface area contributed by atoms with Crippen LogP contribution in [0.1, 0.15) is 5.56 Å². The van der Waals surface area contributed by atoms with Gasteiger partial charge in [0.05, 0.1) is 10.6 Å². The average Bonchev–Trinajstić information content (AvgIpc) is 2.90. The molecule has 0 spiro atoms. The molecule has 0 saturated carbocycles. The van der Waals surface area contributed by atoms with Gasteiger partial charge in [0.25, 0.3) is 5.69 Å². The minimum Gasteiger partial charge on any atom is -0.347 e. The van der Waals surface area contributed by atoms with Gasteiger partial charge in [-0.1, -0.05) is 23.9 Å². The third-order valence-corrected chi connectivity index (χ3v) is 3.26. The number of hydrogen-bond acceptors (Lipinski definition) is 6. The van der Waals surface area contributed by atoms with Crippen LogP contribution in [0, 0.1) is 32.8 Å². The number of nitro benzene ring substituents is 1. The maximum atomic E-state index is 10.7. The Morgan fingerprint density at radius 1 is 1.37 bits per heavy atom. The normalized spacial score (nSPS) is 12.9. The molecule has 7 heteroatoms. The molecule has 92 valence electrons. The standard InChI is InChI=1S/C12H6N4O2S/c13-5-9(6-14)12-15-11(7-19-12)8-2-1-3-10(4-8)16(17)18/h1-4,7,15H. The van der Waals surface area contributed by atoms with Crippen LogP contribution >= 0.6 is 11.8 Å². The van der Waals surface area contributed by atoms with E-state index in [0.717, 1.165) is 0 Å². The second-order valence-corrected chi connectivity index (χ2v) is 4.39. The molecule has 0 saturated heterocycles. The monoisotopic (exact) mass is 270 g/mol. The van der Waals surface area contributed by atoms with Gasteiger partial charge in [0.1, 0.15) is 17.2 Å². The first-order chi connectivity index (χ1) is 9.15. The Morgan fingerprint density at radius 2 is 2.11 bits per heavy atom. The lowest BCUT2D eigenvalue weighted by Crippen LogP contribution is -2.06. The molecule has 0 bridgehead atoms. The molecule has 2 rings (SSSR count). The fourth-order valence-corrected chi connectivity index (χ4v) is 2.28. The second kappa shape index (κ2) is 5.25. The zero-order chi connectivity index (χ0) is 13.8. The van der Waals surface area contributed by atoms with Gasteiger partial charge in [0.15, 0.2) is 5.57 Å². The molecule has 1 aliphatic heterocycles. The van der Waals surface area contributed by atoms with Crippen LogP contribution in [0.2, 0.25) is 0 Å². The zero-order valence-corrected chi connectivity index (χ0v) is 10.3. The van der Waals surface area contributed by atoms with Gasteiger partial charge in [-0.2, -0.15) is 10.5 Å². The van der Waals surface area contributed by atoms with Gasteiger partial charge < -0.3 is 5.32 Å². The lowest BCUT2D eigenvalue weighted by atomic mass is 10.1. The van der Waals surface area contributed by atoms with Crippen molar-refractivity contribution in [2.45, 2.75) is 0 Å². The summed E-state index contributed by atoms with van der Waals surface area (Å²) in [6.45, 7) is 0. The van der Waals surface area contributed by atoms with Gasteiger partial charge in [-0.25, -0.2) is 0 Å². The molecular formula is C12H6N4O2S. The first kappa shape index (κ1) is 12.7. The van der Waals surface area contributed by atoms with Crippen LogP contribution in [-0.4, -0.2) is 4.92 Å². The number of non-ortho nitro benzene ring substituents is 1. The predicted octanol–water partition coefficient (Wildman–Crippen LogP) is 2.49. The van der Waals surface area contributed by atoms with Crippen LogP contribution in [0.3, 0.4) is 0 Å². The fraction of sp³-hybridized carbons (Fsp3) is 0. The molecule has 0 radical (unpaired) electrons. The number of nitro groups is 1. The van der Waals surface area contributed by atoms with E-state index in [-0.39, 0.29) is 11.3 Å². The van der Waals surface area contributed by atoms with Gasteiger partial charge in [0.2, 0.25) is 0 Å². The van der Waals surface area contributed by atoms with Crippen LogP contribution < -0.4 is 5.32 Å². The molecule has 1 aliphatic rings. The highest BCUT2D eigenvalue weighted by molar-refractivity contribution is 8.06. The van der Waals surface area contributed by atoms with E-state index in [2.05, 4.69) is 5.32 Å². The van der Waals surface area contributed by atoms with Crippen molar-refractivity contribution in [3.63, 3.8) is 0 Å². The highest BCUT2D eigenvalue weighted by Crippen LogP contribution is 2.32. The molecule has 0 amide bonds. The summed E-state index contributed by atoms with van der Waals surface area (Å²) in [5, 5.41) is 33.3. The van der Waals surface area contributed by atoms with E-state index in [0.29, 0.717) is 16.3 Å². The summed E-state index contributed by atoms with van der Waals surface area (Å²) in [5.74, 6) is 0. The topological polar surface area (TPSA) is 103 Å². The summed E-state index contributed by atoms with van der Waals surface area (Å²) in [7, 11) is 0. The summed E-state index contributed by atoms with van der Waals surface area (Å²) >= 11 is 1.21. The minimum absolute atomic E-state index is 0.0107. The van der Waals surface area contributed by atoms with Gasteiger partial charge in [-0.15, -0.1) is 0 Å². The Balaban J connectivity index is 2.30. The van der Waals surface area contributed by atoms with Crippen LogP contribution in [0.4, 0.5) is 5.69 Å². The summed E-state index contributed by atoms with van der Waals surface area (Å²) in [4.78, 5) is 10.2. The lowest BCUT2D eigenvalue weighted by molar-refractivity contribution is -0.384. The van der Waals surface area contributed by atoms with E-state index in [4.69, 9.17) is 10.5 Å². The Morgan fingerprint density at radius 3 is 2.74 bits per heavy atom. The van der Waals surface area contributed by atoms with E-state index in [1.54, 1.807) is 29.7 Å². The number of nitrogens with one attached hydrogen (secondary N) is 1. The highest BCUT2D eigenvalue weighted by Gasteiger charge is 2.17. The zero-order valence-electron chi connectivity index (χ0n) is 9.45. The number of nitriles is 2. The van der Waals surface area contributed by atoms with Crippen molar-refractivity contribution in [2.24, 2.45) is 0 Å². The van der Waals surface area contributed by atoms with Crippen molar-refractivity contribution in [3.05, 3.63) is 56.0 Å². The summed E-state index contributed by atoms with van der Waals surface area (Å²) in [6.07, 6.45) is 0. The van der Waals surface area contributed by atoms with Gasteiger partial charge in [-0.3, -0.25) is 10.1 Å². The molecule has 19 heavy (non-hydrogen) atoms. The van der Waals surface area contributed by atoms with E-state index in [1.165, 1.54) is 23.9 Å². The van der Waals surface area contributed by atoms with Crippen LogP contribution in [0.25, 0.3) is 5.70 Å². The number of hydrogen-bond donors (Lipinski definition) is 1. The van der Waals surface area contributed by atoms with Gasteiger partial charge in [0, 0.05) is 23.1 Å². The molecule has 1 N–H and O–H groups in total. The Kier molecular flexibility index (Phi) is 3.51. The summed E-state index contributed by atoms with van der Waals surface area (Å²) < 4.78 is 0. The number of thioether (sulfide) groups is 1. The van der Waals surface area contributed by atoms with Crippen molar-refractivity contribution < 1.29 is 4.92 Å². The number of allylic oxidation sites excluding steroid dienone is 1. The first-order valence-electron chi connectivity index (χ1n) is 5.09. The van der Waals surface area contributed by atoms with Gasteiger partial charge >= 0.3 is 0 Å². The number of rotatable bonds is 2. The van der Waals surface area contributed by atoms with Crippen molar-refractivity contribution in [2.75, 3.05) is 0 Å². The molecule has 1 heterocycles. The van der Waals surface area contributed by atoms with Gasteiger partial charge in [-0.05, 0) is 0 Å². The van der Waals surface area contributed by atoms with Crippen molar-refractivity contribution >= 4 is 23.1 Å². The summed E-state index contributed by atoms with van der Waals surface area (Å²) in [5.41, 5.74) is 1.24. The molecule has 1 aromatic carbocycles. The quantitative estimate of drug-likeness (QED) is 0.503. The highest BCUT2D eigenvalue weighted by atomic mass is 32.2. The molecular weight excluding hydrogens is 264 g/mol. The van der Waals surface area contributed by atoms with E-state index >= 15 is 0 Å². The molecule has 0 fully saturated rings. The van der Waals surface area contributed by atoms with Crippen molar-refractivity contribution in [1.82, 2.24) is 5.32 Å². The van der Waals surface area contributed by atoms with Crippen molar-refractivity contribution in [1.29, 1.82) is 10.5 Å². The molecule has 6 nitrogen and oxygen atoms in total. The molecule has 0 unspecified atom stereocenters. The lowest BCUT2D eigenvalue weighted by Gasteiger charge is -2.04. The fourth-order valence-electron chi connectivity index (χ4n) is 1.47. The first-order valence-corrected chi connectivity index (χ1v) is 5.97. The van der Waals surface area contributed by atoms with E-state index < -0.39 is 4.92 Å². The molecule has 0 aliphatic carbocycles.